The lowest BCUT2D eigenvalue weighted by atomic mass is 10.2. The number of carbonyl (C=O) groups excluding carboxylic acids is 2. The Kier molecular flexibility index (Phi) is 6.92. The van der Waals surface area contributed by atoms with Gasteiger partial charge in [-0.2, -0.15) is 0 Å². The molecule has 0 aromatic carbocycles. The van der Waals surface area contributed by atoms with Gasteiger partial charge in [-0.25, -0.2) is 9.69 Å². The van der Waals surface area contributed by atoms with E-state index in [-0.39, 0.29) is 11.9 Å². The molecule has 1 aliphatic heterocycles. The molecule has 1 saturated heterocycles. The molecule has 1 rings (SSSR count). The van der Waals surface area contributed by atoms with Gasteiger partial charge in [0.05, 0.1) is 0 Å². The Morgan fingerprint density at radius 1 is 1.12 bits per heavy atom. The van der Waals surface area contributed by atoms with Crippen LogP contribution in [0.2, 0.25) is 16.6 Å². The molecule has 0 bridgehead atoms. The molecule has 1 atom stereocenters. The zero-order chi connectivity index (χ0) is 19.6. The molecular weight excluding hydrogens is 330 g/mol. The van der Waals surface area contributed by atoms with E-state index in [1.165, 1.54) is 4.90 Å². The van der Waals surface area contributed by atoms with E-state index >= 15 is 0 Å². The minimum Gasteiger partial charge on any atom is -0.443 e. The van der Waals surface area contributed by atoms with Crippen molar-refractivity contribution < 1.29 is 14.3 Å². The van der Waals surface area contributed by atoms with Crippen molar-refractivity contribution in [3.05, 3.63) is 0 Å². The maximum atomic E-state index is 12.4. The van der Waals surface area contributed by atoms with E-state index in [0.29, 0.717) is 29.5 Å². The summed E-state index contributed by atoms with van der Waals surface area (Å²) in [6.45, 7) is 19.0. The molecule has 0 aliphatic carbocycles. The van der Waals surface area contributed by atoms with Crippen LogP contribution < -0.4 is 0 Å². The lowest BCUT2D eigenvalue weighted by Gasteiger charge is -2.38. The lowest BCUT2D eigenvalue weighted by molar-refractivity contribution is -0.127. The Balaban J connectivity index is 3.17. The highest BCUT2D eigenvalue weighted by molar-refractivity contribution is 6.90. The highest BCUT2D eigenvalue weighted by atomic mass is 28.3. The number of amides is 2. The minimum absolute atomic E-state index is 0.181. The molecule has 25 heavy (non-hydrogen) atoms. The Bertz CT molecular complexity index is 542. The van der Waals surface area contributed by atoms with Crippen LogP contribution in [0.15, 0.2) is 0 Å². The van der Waals surface area contributed by atoms with E-state index in [1.807, 2.05) is 0 Å². The van der Waals surface area contributed by atoms with Crippen molar-refractivity contribution in [3.63, 3.8) is 0 Å². The fourth-order valence-electron chi connectivity index (χ4n) is 4.00. The molecule has 5 heteroatoms. The molecule has 2 amide bonds. The fourth-order valence-corrected chi connectivity index (χ4v) is 9.28. The smallest absolute Gasteiger partial charge is 0.418 e. The third-order valence-electron chi connectivity index (χ3n) is 5.12. The van der Waals surface area contributed by atoms with Crippen LogP contribution in [0, 0.1) is 11.5 Å². The van der Waals surface area contributed by atoms with Gasteiger partial charge in [-0.05, 0) is 43.8 Å². The summed E-state index contributed by atoms with van der Waals surface area (Å²) in [5.41, 5.74) is 4.57. The number of hydrogen-bond donors (Lipinski definition) is 0. The number of nitrogens with zero attached hydrogens (tertiary/aromatic N) is 1. The van der Waals surface area contributed by atoms with Crippen molar-refractivity contribution in [2.24, 2.45) is 0 Å². The van der Waals surface area contributed by atoms with Gasteiger partial charge in [0.2, 0.25) is 5.91 Å². The topological polar surface area (TPSA) is 46.6 Å². The Hall–Kier alpha value is -1.28. The summed E-state index contributed by atoms with van der Waals surface area (Å²) >= 11 is 0. The van der Waals surface area contributed by atoms with Crippen molar-refractivity contribution in [2.45, 2.75) is 103 Å². The number of hydrogen-bond acceptors (Lipinski definition) is 3. The average Bonchev–Trinajstić information content (AvgIpc) is 2.77. The number of ether oxygens (including phenoxy) is 1. The molecular formula is C20H35NO3Si. The first kappa shape index (κ1) is 21.8. The van der Waals surface area contributed by atoms with Crippen molar-refractivity contribution in [1.29, 1.82) is 0 Å². The predicted octanol–water partition coefficient (Wildman–Crippen LogP) is 5.13. The molecule has 0 N–H and O–H groups in total. The van der Waals surface area contributed by atoms with Crippen molar-refractivity contribution in [2.75, 3.05) is 0 Å². The normalized spacial score (nSPS) is 18.8. The van der Waals surface area contributed by atoms with Crippen molar-refractivity contribution >= 4 is 20.1 Å². The molecule has 0 aromatic rings. The van der Waals surface area contributed by atoms with Gasteiger partial charge in [0.1, 0.15) is 19.7 Å². The zero-order valence-corrected chi connectivity index (χ0v) is 18.4. The summed E-state index contributed by atoms with van der Waals surface area (Å²) in [5, 5.41) is 0. The van der Waals surface area contributed by atoms with Crippen LogP contribution in [-0.4, -0.2) is 36.6 Å². The van der Waals surface area contributed by atoms with Gasteiger partial charge in [-0.15, -0.1) is 5.54 Å². The molecule has 1 aliphatic rings. The second-order valence-electron chi connectivity index (χ2n) is 8.97. The van der Waals surface area contributed by atoms with Crippen LogP contribution in [0.25, 0.3) is 0 Å². The van der Waals surface area contributed by atoms with Crippen LogP contribution in [-0.2, 0) is 9.53 Å². The summed E-state index contributed by atoms with van der Waals surface area (Å²) in [6, 6.07) is -0.356. The maximum Gasteiger partial charge on any atom is 0.418 e. The highest BCUT2D eigenvalue weighted by Gasteiger charge is 2.43. The molecule has 0 aromatic heterocycles. The van der Waals surface area contributed by atoms with Crippen LogP contribution in [0.4, 0.5) is 4.79 Å². The quantitative estimate of drug-likeness (QED) is 0.514. The van der Waals surface area contributed by atoms with Gasteiger partial charge < -0.3 is 4.74 Å². The third-order valence-corrected chi connectivity index (χ3v) is 11.4. The van der Waals surface area contributed by atoms with Crippen molar-refractivity contribution in [3.8, 4) is 11.5 Å². The molecule has 142 valence electrons. The van der Waals surface area contributed by atoms with Gasteiger partial charge in [0.15, 0.2) is 0 Å². The van der Waals surface area contributed by atoms with E-state index in [0.717, 1.165) is 0 Å². The number of likely N-dealkylation sites (tertiary alicyclic amines) is 1. The van der Waals surface area contributed by atoms with E-state index in [9.17, 15) is 9.59 Å². The number of imide groups is 1. The molecule has 4 nitrogen and oxygen atoms in total. The first-order chi connectivity index (χ1) is 11.3. The van der Waals surface area contributed by atoms with Gasteiger partial charge in [-0.1, -0.05) is 47.5 Å². The van der Waals surface area contributed by atoms with Crippen LogP contribution >= 0.6 is 0 Å². The molecule has 1 fully saturated rings. The molecule has 0 spiro atoms. The van der Waals surface area contributed by atoms with E-state index < -0.39 is 19.8 Å². The summed E-state index contributed by atoms with van der Waals surface area (Å²) < 4.78 is 5.41. The van der Waals surface area contributed by atoms with Gasteiger partial charge >= 0.3 is 6.09 Å². The third kappa shape index (κ3) is 4.88. The summed E-state index contributed by atoms with van der Waals surface area (Å²) in [5.74, 6) is 3.15. The Labute approximate surface area is 154 Å². The van der Waals surface area contributed by atoms with Crippen LogP contribution in [0.5, 0.6) is 0 Å². The highest BCUT2D eigenvalue weighted by Crippen LogP contribution is 2.41. The second-order valence-corrected chi connectivity index (χ2v) is 14.5. The molecule has 1 unspecified atom stereocenters. The number of rotatable bonds is 3. The monoisotopic (exact) mass is 365 g/mol. The largest absolute Gasteiger partial charge is 0.443 e. The predicted molar refractivity (Wildman–Crippen MR) is 105 cm³/mol. The Morgan fingerprint density at radius 3 is 2.00 bits per heavy atom. The minimum atomic E-state index is -1.88. The molecule has 0 radical (unpaired) electrons. The van der Waals surface area contributed by atoms with Gasteiger partial charge in [-0.3, -0.25) is 4.79 Å². The first-order valence-electron chi connectivity index (χ1n) is 9.40. The van der Waals surface area contributed by atoms with Gasteiger partial charge in [0.25, 0.3) is 0 Å². The fraction of sp³-hybridized carbons (Fsp3) is 0.800. The maximum absolute atomic E-state index is 12.4. The Morgan fingerprint density at radius 2 is 1.60 bits per heavy atom. The summed E-state index contributed by atoms with van der Waals surface area (Å²) in [7, 11) is -1.88. The second kappa shape index (κ2) is 7.95. The summed E-state index contributed by atoms with van der Waals surface area (Å²) in [6.07, 6.45) is 0.391. The molecule has 1 heterocycles. The zero-order valence-electron chi connectivity index (χ0n) is 17.4. The van der Waals surface area contributed by atoms with E-state index in [4.69, 9.17) is 4.74 Å². The first-order valence-corrected chi connectivity index (χ1v) is 11.6. The van der Waals surface area contributed by atoms with Gasteiger partial charge in [0, 0.05) is 6.42 Å². The number of carbonyl (C=O) groups is 2. The van der Waals surface area contributed by atoms with E-state index in [1.54, 1.807) is 20.8 Å². The van der Waals surface area contributed by atoms with E-state index in [2.05, 4.69) is 53.0 Å². The SMILES string of the molecule is CC(C)[Si](C#CC1CCC(=O)N1C(=O)OC(C)(C)C)(C(C)C)C(C)C. The average molecular weight is 366 g/mol. The lowest BCUT2D eigenvalue weighted by Crippen LogP contribution is -2.45. The molecule has 0 saturated carbocycles. The van der Waals surface area contributed by atoms with Crippen LogP contribution in [0.3, 0.4) is 0 Å². The summed E-state index contributed by atoms with van der Waals surface area (Å²) in [4.78, 5) is 25.9. The van der Waals surface area contributed by atoms with Crippen LogP contribution in [0.1, 0.15) is 75.2 Å². The standard InChI is InChI=1S/C20H35NO3Si/c1-14(2)25(15(3)4,16(5)6)13-12-17-10-11-18(22)21(17)19(23)24-20(7,8)9/h14-17H,10-11H2,1-9H3. The van der Waals surface area contributed by atoms with Crippen molar-refractivity contribution in [1.82, 2.24) is 4.90 Å².